The molecule has 0 aliphatic rings. The fourth-order valence-electron chi connectivity index (χ4n) is 5.93. The molecule has 55 heavy (non-hydrogen) atoms. The van der Waals surface area contributed by atoms with Gasteiger partial charge >= 0.3 is 0 Å². The van der Waals surface area contributed by atoms with Crippen LogP contribution < -0.4 is 0 Å². The smallest absolute Gasteiger partial charge is 0.244 e. The largest absolute Gasteiger partial charge is 0.594 e. The minimum absolute atomic E-state index is 0.447. The molecule has 8 aromatic rings. The lowest BCUT2D eigenvalue weighted by atomic mass is 10.1. The molecule has 0 saturated heterocycles. The zero-order valence-corrected chi connectivity index (χ0v) is 29.7. The normalized spacial score (nSPS) is 12.3. The second kappa shape index (κ2) is 16.4. The van der Waals surface area contributed by atoms with E-state index >= 15 is 0 Å². The molecule has 7 heteroatoms. The number of nitrogens with zero attached hydrogens (tertiary/aromatic N) is 6. The Hall–Kier alpha value is -7.64. The van der Waals surface area contributed by atoms with Crippen LogP contribution >= 0.6 is 0 Å². The van der Waals surface area contributed by atoms with Crippen LogP contribution in [0.2, 0.25) is 0 Å². The summed E-state index contributed by atoms with van der Waals surface area (Å²) in [6.07, 6.45) is 8.07. The van der Waals surface area contributed by atoms with E-state index in [4.69, 9.17) is 0 Å². The van der Waals surface area contributed by atoms with Crippen molar-refractivity contribution in [2.24, 2.45) is 25.6 Å². The standard InChI is InChI=1S/C48H34N6O/c55-54(48-31-19-38(20-32-48)12-11-36-15-25-44(26-16-36)50-52-47-30-22-40-6-2-4-8-42(40)34-47)53-45-27-17-37(18-28-45)10-9-35-13-23-43(24-14-35)49-51-46-29-21-39-5-1-3-7-41(39)33-46/h1-34H/b10-9+,12-11+,51-49?,52-50?,54-53?. The number of fused-ring (bicyclic) bond motifs is 2. The molecule has 8 rings (SSSR count). The molecule has 0 aliphatic carbocycles. The third kappa shape index (κ3) is 9.06. The Bertz CT molecular complexity index is 2730. The van der Waals surface area contributed by atoms with E-state index in [-0.39, 0.29) is 0 Å². The van der Waals surface area contributed by atoms with E-state index in [9.17, 15) is 5.21 Å². The molecule has 0 amide bonds. The van der Waals surface area contributed by atoms with E-state index in [1.54, 1.807) is 12.1 Å². The zero-order chi connectivity index (χ0) is 37.2. The quantitative estimate of drug-likeness (QED) is 0.0601. The van der Waals surface area contributed by atoms with Gasteiger partial charge in [-0.05, 0) is 117 Å². The predicted molar refractivity (Wildman–Crippen MR) is 225 cm³/mol. The molecule has 0 heterocycles. The van der Waals surface area contributed by atoms with Crippen LogP contribution in [0, 0.1) is 5.21 Å². The third-order valence-corrected chi connectivity index (χ3v) is 8.96. The van der Waals surface area contributed by atoms with Crippen molar-refractivity contribution in [3.8, 4) is 0 Å². The average molecular weight is 711 g/mol. The van der Waals surface area contributed by atoms with Crippen molar-refractivity contribution in [3.05, 3.63) is 209 Å². The zero-order valence-electron chi connectivity index (χ0n) is 29.7. The highest BCUT2D eigenvalue weighted by molar-refractivity contribution is 5.86. The van der Waals surface area contributed by atoms with Crippen LogP contribution in [0.25, 0.3) is 45.8 Å². The Morgan fingerprint density at radius 3 is 1.07 bits per heavy atom. The summed E-state index contributed by atoms with van der Waals surface area (Å²) < 4.78 is 0. The van der Waals surface area contributed by atoms with Crippen LogP contribution in [0.4, 0.5) is 34.1 Å². The topological polar surface area (TPSA) is 87.9 Å². The molecular weight excluding hydrogens is 677 g/mol. The van der Waals surface area contributed by atoms with Crippen molar-refractivity contribution in [1.29, 1.82) is 0 Å². The second-order valence-corrected chi connectivity index (χ2v) is 12.9. The van der Waals surface area contributed by atoms with Crippen molar-refractivity contribution in [2.45, 2.75) is 0 Å². The Balaban J connectivity index is 0.830. The summed E-state index contributed by atoms with van der Waals surface area (Å²) in [6, 6.07) is 59.1. The third-order valence-electron chi connectivity index (χ3n) is 8.96. The Kier molecular flexibility index (Phi) is 10.2. The molecule has 0 fully saturated rings. The van der Waals surface area contributed by atoms with Gasteiger partial charge in [-0.3, -0.25) is 0 Å². The minimum Gasteiger partial charge on any atom is -0.594 e. The molecule has 0 saturated carbocycles. The fraction of sp³-hybridized carbons (Fsp3) is 0. The first kappa shape index (κ1) is 34.4. The lowest BCUT2D eigenvalue weighted by molar-refractivity contribution is -0.435. The van der Waals surface area contributed by atoms with Crippen molar-refractivity contribution in [1.82, 2.24) is 0 Å². The van der Waals surface area contributed by atoms with Gasteiger partial charge < -0.3 is 5.21 Å². The van der Waals surface area contributed by atoms with Gasteiger partial charge in [-0.1, -0.05) is 126 Å². The van der Waals surface area contributed by atoms with Gasteiger partial charge in [0.25, 0.3) is 0 Å². The van der Waals surface area contributed by atoms with Gasteiger partial charge in [0.1, 0.15) is 5.69 Å². The van der Waals surface area contributed by atoms with E-state index in [0.717, 1.165) is 55.8 Å². The minimum atomic E-state index is 0.447. The Morgan fingerprint density at radius 1 is 0.327 bits per heavy atom. The summed E-state index contributed by atoms with van der Waals surface area (Å²) in [5.74, 6) is 0. The summed E-state index contributed by atoms with van der Waals surface area (Å²) in [7, 11) is 0. The van der Waals surface area contributed by atoms with Crippen LogP contribution in [-0.2, 0) is 0 Å². The molecule has 262 valence electrons. The van der Waals surface area contributed by atoms with E-state index in [1.165, 1.54) is 10.8 Å². The predicted octanol–water partition coefficient (Wildman–Crippen LogP) is 15.1. The SMILES string of the molecule is [O-][N+](=Nc1ccc(/C=C/c2ccc(N=Nc3ccc4ccccc4c3)cc2)cc1)c1ccc(/C=C/c2ccc(N=Nc3ccc4ccccc4c3)cc2)cc1. The molecule has 0 aromatic heterocycles. The summed E-state index contributed by atoms with van der Waals surface area (Å²) in [5, 5.41) is 39.3. The fourth-order valence-corrected chi connectivity index (χ4v) is 5.93. The van der Waals surface area contributed by atoms with Crippen molar-refractivity contribution < 1.29 is 4.86 Å². The molecule has 0 aliphatic heterocycles. The summed E-state index contributed by atoms with van der Waals surface area (Å²) >= 11 is 0. The first-order valence-electron chi connectivity index (χ1n) is 17.9. The monoisotopic (exact) mass is 710 g/mol. The van der Waals surface area contributed by atoms with E-state index in [1.807, 2.05) is 158 Å². The highest BCUT2D eigenvalue weighted by atomic mass is 16.5. The summed E-state index contributed by atoms with van der Waals surface area (Å²) in [6.45, 7) is 0. The molecular formula is C48H34N6O. The lowest BCUT2D eigenvalue weighted by Crippen LogP contribution is -1.90. The van der Waals surface area contributed by atoms with E-state index in [0.29, 0.717) is 16.2 Å². The average Bonchev–Trinajstić information content (AvgIpc) is 3.24. The van der Waals surface area contributed by atoms with Gasteiger partial charge in [0.15, 0.2) is 0 Å². The van der Waals surface area contributed by atoms with Crippen LogP contribution in [0.3, 0.4) is 0 Å². The highest BCUT2D eigenvalue weighted by Crippen LogP contribution is 2.26. The summed E-state index contributed by atoms with van der Waals surface area (Å²) in [4.78, 5) is 0.641. The molecule has 0 N–H and O–H groups in total. The maximum absolute atomic E-state index is 12.8. The van der Waals surface area contributed by atoms with Gasteiger partial charge in [-0.25, -0.2) is 0 Å². The number of benzene rings is 8. The maximum Gasteiger partial charge on any atom is 0.244 e. The Labute approximate surface area is 318 Å². The number of hydrogen-bond donors (Lipinski definition) is 0. The Morgan fingerprint density at radius 2 is 0.655 bits per heavy atom. The van der Waals surface area contributed by atoms with Crippen LogP contribution in [0.5, 0.6) is 0 Å². The molecule has 7 nitrogen and oxygen atoms in total. The van der Waals surface area contributed by atoms with Crippen molar-refractivity contribution in [2.75, 3.05) is 0 Å². The summed E-state index contributed by atoms with van der Waals surface area (Å²) in [5.41, 5.74) is 8.23. The van der Waals surface area contributed by atoms with Gasteiger partial charge in [-0.15, -0.1) is 0 Å². The highest BCUT2D eigenvalue weighted by Gasteiger charge is 2.04. The maximum atomic E-state index is 12.8. The lowest BCUT2D eigenvalue weighted by Gasteiger charge is -2.01. The number of azo groups is 3. The molecule has 0 radical (unpaired) electrons. The van der Waals surface area contributed by atoms with Crippen LogP contribution in [0.1, 0.15) is 22.3 Å². The second-order valence-electron chi connectivity index (χ2n) is 12.9. The molecule has 0 unspecified atom stereocenters. The molecule has 0 spiro atoms. The molecule has 0 bridgehead atoms. The van der Waals surface area contributed by atoms with E-state index < -0.39 is 0 Å². The molecule has 0 atom stereocenters. The van der Waals surface area contributed by atoms with Crippen LogP contribution in [-0.4, -0.2) is 4.86 Å². The number of hydrogen-bond acceptors (Lipinski definition) is 6. The van der Waals surface area contributed by atoms with Crippen molar-refractivity contribution >= 4 is 80.0 Å². The van der Waals surface area contributed by atoms with Gasteiger partial charge in [0.2, 0.25) is 5.69 Å². The van der Waals surface area contributed by atoms with E-state index in [2.05, 4.69) is 62.0 Å². The van der Waals surface area contributed by atoms with Gasteiger partial charge in [-0.2, -0.15) is 20.5 Å². The van der Waals surface area contributed by atoms with Gasteiger partial charge in [0, 0.05) is 17.2 Å². The first-order valence-corrected chi connectivity index (χ1v) is 17.9. The molecule has 8 aromatic carbocycles. The van der Waals surface area contributed by atoms with Crippen molar-refractivity contribution in [3.63, 3.8) is 0 Å². The first-order chi connectivity index (χ1) is 27.1. The number of rotatable bonds is 10. The van der Waals surface area contributed by atoms with Gasteiger partial charge in [0.05, 0.1) is 22.7 Å². The van der Waals surface area contributed by atoms with Crippen LogP contribution in [0.15, 0.2) is 208 Å².